The first-order valence-corrected chi connectivity index (χ1v) is 9.68. The average molecular weight is 386 g/mol. The summed E-state index contributed by atoms with van der Waals surface area (Å²) in [5, 5.41) is 8.76. The van der Waals surface area contributed by atoms with Crippen LogP contribution >= 0.6 is 11.3 Å². The summed E-state index contributed by atoms with van der Waals surface area (Å²) in [6, 6.07) is 13.4. The highest BCUT2D eigenvalue weighted by atomic mass is 32.1. The van der Waals surface area contributed by atoms with Gasteiger partial charge < -0.3 is 19.3 Å². The molecule has 142 valence electrons. The number of aromatic nitrogens is 1. The van der Waals surface area contributed by atoms with Crippen LogP contribution in [0.25, 0.3) is 10.6 Å². The van der Waals surface area contributed by atoms with Crippen LogP contribution in [0.1, 0.15) is 24.6 Å². The molecular weight excluding hydrogens is 364 g/mol. The molecule has 0 saturated heterocycles. The molecular formula is C20H22N2O4S. The monoisotopic (exact) mass is 386 g/mol. The maximum absolute atomic E-state index is 11.9. The molecule has 0 fully saturated rings. The van der Waals surface area contributed by atoms with E-state index in [0.717, 1.165) is 22.6 Å². The van der Waals surface area contributed by atoms with Crippen LogP contribution in [-0.2, 0) is 22.7 Å². The van der Waals surface area contributed by atoms with Gasteiger partial charge in [-0.3, -0.25) is 4.79 Å². The Morgan fingerprint density at radius 1 is 1.26 bits per heavy atom. The predicted octanol–water partition coefficient (Wildman–Crippen LogP) is 4.02. The van der Waals surface area contributed by atoms with Crippen LogP contribution in [0.3, 0.4) is 0 Å². The van der Waals surface area contributed by atoms with Crippen molar-refractivity contribution >= 4 is 17.2 Å². The number of nitrogens with one attached hydrogen (secondary N) is 1. The molecule has 0 unspecified atom stereocenters. The van der Waals surface area contributed by atoms with Gasteiger partial charge in [0.2, 0.25) is 5.91 Å². The van der Waals surface area contributed by atoms with Crippen LogP contribution < -0.4 is 10.1 Å². The van der Waals surface area contributed by atoms with Gasteiger partial charge >= 0.3 is 0 Å². The highest BCUT2D eigenvalue weighted by Gasteiger charge is 2.09. The second-order valence-electron chi connectivity index (χ2n) is 5.92. The molecule has 3 aromatic rings. The van der Waals surface area contributed by atoms with E-state index in [-0.39, 0.29) is 19.1 Å². The quantitative estimate of drug-likeness (QED) is 0.570. The first-order chi connectivity index (χ1) is 13.2. The summed E-state index contributed by atoms with van der Waals surface area (Å²) in [5.41, 5.74) is 1.66. The molecule has 0 aliphatic carbocycles. The number of carbonyl (C=O) groups is 1. The molecule has 0 saturated carbocycles. The molecule has 6 nitrogen and oxygen atoms in total. The summed E-state index contributed by atoms with van der Waals surface area (Å²) in [7, 11) is 0. The minimum absolute atomic E-state index is 0.0289. The molecule has 27 heavy (non-hydrogen) atoms. The van der Waals surface area contributed by atoms with E-state index in [2.05, 4.69) is 17.4 Å². The average Bonchev–Trinajstić information content (AvgIpc) is 3.37. The number of rotatable bonds is 10. The number of hydrogen-bond donors (Lipinski definition) is 1. The van der Waals surface area contributed by atoms with Crippen molar-refractivity contribution in [1.29, 1.82) is 0 Å². The minimum Gasteiger partial charge on any atom is -0.494 e. The third-order valence-corrected chi connectivity index (χ3v) is 4.58. The Hall–Kier alpha value is -2.64. The van der Waals surface area contributed by atoms with Crippen LogP contribution in [0.4, 0.5) is 0 Å². The fourth-order valence-corrected chi connectivity index (χ4v) is 3.01. The molecule has 0 aliphatic rings. The highest BCUT2D eigenvalue weighted by Crippen LogP contribution is 2.25. The van der Waals surface area contributed by atoms with Crippen LogP contribution in [0.15, 0.2) is 52.4 Å². The normalized spacial score (nSPS) is 10.7. The Morgan fingerprint density at radius 2 is 2.11 bits per heavy atom. The molecule has 0 radical (unpaired) electrons. The van der Waals surface area contributed by atoms with Crippen molar-refractivity contribution in [1.82, 2.24) is 10.5 Å². The van der Waals surface area contributed by atoms with Crippen molar-refractivity contribution in [2.24, 2.45) is 0 Å². The SMILES string of the molecule is CCCOc1ccc(CNC(=O)COCc2cc(-c3cccs3)on2)cc1. The zero-order chi connectivity index (χ0) is 18.9. The number of ether oxygens (including phenoxy) is 2. The standard InChI is InChI=1S/C20H22N2O4S/c1-2-9-25-17-7-5-15(6-8-17)12-21-20(23)14-24-13-16-11-18(26-22-16)19-4-3-10-27-19/h3-8,10-11H,2,9,12-14H2,1H3,(H,21,23). The van der Waals surface area contributed by atoms with Gasteiger partial charge in [0.15, 0.2) is 5.76 Å². The Kier molecular flexibility index (Phi) is 7.01. The van der Waals surface area contributed by atoms with Gasteiger partial charge in [-0.2, -0.15) is 0 Å². The van der Waals surface area contributed by atoms with Gasteiger partial charge in [0.25, 0.3) is 0 Å². The molecule has 1 amide bonds. The molecule has 0 atom stereocenters. The Bertz CT molecular complexity index is 828. The third-order valence-electron chi connectivity index (χ3n) is 3.69. The molecule has 0 aliphatic heterocycles. The van der Waals surface area contributed by atoms with Crippen molar-refractivity contribution in [3.8, 4) is 16.4 Å². The topological polar surface area (TPSA) is 73.6 Å². The van der Waals surface area contributed by atoms with Crippen molar-refractivity contribution in [3.63, 3.8) is 0 Å². The lowest BCUT2D eigenvalue weighted by Crippen LogP contribution is -2.27. The molecule has 2 aromatic heterocycles. The minimum atomic E-state index is -0.178. The molecule has 7 heteroatoms. The van der Waals surface area contributed by atoms with Gasteiger partial charge in [-0.05, 0) is 35.6 Å². The van der Waals surface area contributed by atoms with Crippen LogP contribution in [0, 0.1) is 0 Å². The number of carbonyl (C=O) groups excluding carboxylic acids is 1. The van der Waals surface area contributed by atoms with Crippen molar-refractivity contribution in [3.05, 3.63) is 59.1 Å². The number of thiophene rings is 1. The summed E-state index contributed by atoms with van der Waals surface area (Å²) in [6.45, 7) is 3.42. The maximum atomic E-state index is 11.9. The first-order valence-electron chi connectivity index (χ1n) is 8.80. The molecule has 2 heterocycles. The zero-order valence-electron chi connectivity index (χ0n) is 15.1. The zero-order valence-corrected chi connectivity index (χ0v) is 16.0. The fraction of sp³-hybridized carbons (Fsp3) is 0.300. The van der Waals surface area contributed by atoms with E-state index < -0.39 is 0 Å². The molecule has 3 rings (SSSR count). The van der Waals surface area contributed by atoms with E-state index in [1.807, 2.05) is 47.8 Å². The lowest BCUT2D eigenvalue weighted by Gasteiger charge is -2.07. The van der Waals surface area contributed by atoms with E-state index in [1.165, 1.54) is 0 Å². The van der Waals surface area contributed by atoms with E-state index in [9.17, 15) is 4.79 Å². The highest BCUT2D eigenvalue weighted by molar-refractivity contribution is 7.13. The van der Waals surface area contributed by atoms with Gasteiger partial charge in [0, 0.05) is 12.6 Å². The maximum Gasteiger partial charge on any atom is 0.246 e. The third kappa shape index (κ3) is 5.94. The Labute approximate surface area is 162 Å². The molecule has 1 N–H and O–H groups in total. The molecule has 0 bridgehead atoms. The lowest BCUT2D eigenvalue weighted by molar-refractivity contribution is -0.126. The van der Waals surface area contributed by atoms with Gasteiger partial charge in [-0.1, -0.05) is 30.3 Å². The van der Waals surface area contributed by atoms with Gasteiger partial charge in [-0.15, -0.1) is 11.3 Å². The number of amides is 1. The second kappa shape index (κ2) is 9.89. The fourth-order valence-electron chi connectivity index (χ4n) is 2.34. The Balaban J connectivity index is 1.36. The van der Waals surface area contributed by atoms with Gasteiger partial charge in [-0.25, -0.2) is 0 Å². The van der Waals surface area contributed by atoms with Crippen LogP contribution in [0.2, 0.25) is 0 Å². The van der Waals surface area contributed by atoms with Gasteiger partial charge in [0.1, 0.15) is 18.1 Å². The lowest BCUT2D eigenvalue weighted by atomic mass is 10.2. The van der Waals surface area contributed by atoms with Crippen molar-refractivity contribution in [2.75, 3.05) is 13.2 Å². The molecule has 1 aromatic carbocycles. The summed E-state index contributed by atoms with van der Waals surface area (Å²) >= 11 is 1.58. The largest absolute Gasteiger partial charge is 0.494 e. The van der Waals surface area contributed by atoms with Crippen molar-refractivity contribution < 1.29 is 18.8 Å². The van der Waals surface area contributed by atoms with Crippen LogP contribution in [-0.4, -0.2) is 24.3 Å². The summed E-state index contributed by atoms with van der Waals surface area (Å²) < 4.78 is 16.2. The van der Waals surface area contributed by atoms with E-state index in [0.29, 0.717) is 24.6 Å². The summed E-state index contributed by atoms with van der Waals surface area (Å²) in [4.78, 5) is 12.9. The van der Waals surface area contributed by atoms with E-state index in [1.54, 1.807) is 11.3 Å². The first kappa shape index (κ1) is 19.1. The second-order valence-corrected chi connectivity index (χ2v) is 6.87. The number of nitrogens with zero attached hydrogens (tertiary/aromatic N) is 1. The van der Waals surface area contributed by atoms with Crippen LogP contribution in [0.5, 0.6) is 5.75 Å². The Morgan fingerprint density at radius 3 is 2.85 bits per heavy atom. The van der Waals surface area contributed by atoms with E-state index >= 15 is 0 Å². The number of hydrogen-bond acceptors (Lipinski definition) is 6. The van der Waals surface area contributed by atoms with E-state index in [4.69, 9.17) is 14.0 Å². The predicted molar refractivity (Wildman–Crippen MR) is 104 cm³/mol. The smallest absolute Gasteiger partial charge is 0.246 e. The molecule has 0 spiro atoms. The summed E-state index contributed by atoms with van der Waals surface area (Å²) in [6.07, 6.45) is 0.974. The summed E-state index contributed by atoms with van der Waals surface area (Å²) in [5.74, 6) is 1.37. The number of benzene rings is 1. The van der Waals surface area contributed by atoms with Gasteiger partial charge in [0.05, 0.1) is 18.1 Å². The van der Waals surface area contributed by atoms with Crippen molar-refractivity contribution in [2.45, 2.75) is 26.5 Å².